The van der Waals surface area contributed by atoms with Gasteiger partial charge in [0.05, 0.1) is 7.11 Å². The molecule has 1 saturated heterocycles. The Balaban J connectivity index is 2.40. The van der Waals surface area contributed by atoms with Crippen LogP contribution in [0.4, 0.5) is 4.79 Å². The van der Waals surface area contributed by atoms with E-state index in [2.05, 4.69) is 9.64 Å². The third kappa shape index (κ3) is 1.88. The first-order valence-electron chi connectivity index (χ1n) is 4.14. The quantitative estimate of drug-likeness (QED) is 0.573. The molecule has 1 fully saturated rings. The number of likely N-dealkylation sites (N-methyl/N-ethyl adjacent to an activating group) is 1. The molecule has 4 heteroatoms. The van der Waals surface area contributed by atoms with E-state index in [1.54, 1.807) is 4.90 Å². The van der Waals surface area contributed by atoms with Crippen LogP contribution in [-0.2, 0) is 4.74 Å². The lowest BCUT2D eigenvalue weighted by molar-refractivity contribution is 0.130. The van der Waals surface area contributed by atoms with E-state index >= 15 is 0 Å². The van der Waals surface area contributed by atoms with Crippen molar-refractivity contribution in [2.45, 2.75) is 12.5 Å². The van der Waals surface area contributed by atoms with Gasteiger partial charge in [-0.25, -0.2) is 4.79 Å². The first kappa shape index (κ1) is 9.32. The van der Waals surface area contributed by atoms with Gasteiger partial charge in [0.15, 0.2) is 0 Å². The lowest BCUT2D eigenvalue weighted by atomic mass is 10.2. The van der Waals surface area contributed by atoms with Crippen LogP contribution in [0.25, 0.3) is 0 Å². The maximum absolute atomic E-state index is 11.1. The van der Waals surface area contributed by atoms with Gasteiger partial charge >= 0.3 is 6.09 Å². The maximum Gasteiger partial charge on any atom is 0.409 e. The van der Waals surface area contributed by atoms with Crippen molar-refractivity contribution in [3.8, 4) is 0 Å². The summed E-state index contributed by atoms with van der Waals surface area (Å²) in [5.74, 6) is 0. The zero-order valence-corrected chi connectivity index (χ0v) is 7.91. The lowest BCUT2D eigenvalue weighted by Gasteiger charge is -2.19. The zero-order chi connectivity index (χ0) is 9.14. The number of hydrogen-bond donors (Lipinski definition) is 0. The number of likely N-dealkylation sites (tertiary alicyclic amines) is 1. The minimum atomic E-state index is -0.209. The molecule has 0 N–H and O–H groups in total. The summed E-state index contributed by atoms with van der Waals surface area (Å²) in [5.41, 5.74) is 0. The largest absolute Gasteiger partial charge is 0.453 e. The average molecular weight is 172 g/mol. The molecule has 1 heterocycles. The Morgan fingerprint density at radius 3 is 2.67 bits per heavy atom. The van der Waals surface area contributed by atoms with E-state index in [4.69, 9.17) is 0 Å². The van der Waals surface area contributed by atoms with Crippen molar-refractivity contribution < 1.29 is 9.53 Å². The van der Waals surface area contributed by atoms with E-state index in [-0.39, 0.29) is 6.09 Å². The summed E-state index contributed by atoms with van der Waals surface area (Å²) >= 11 is 0. The standard InChI is InChI=1S/C8H16N2O2/c1-9(2)7-4-5-10(6-7)8(11)12-3/h7H,4-6H2,1-3H3. The molecule has 1 rings (SSSR count). The molecule has 1 atom stereocenters. The van der Waals surface area contributed by atoms with E-state index in [1.165, 1.54) is 7.11 Å². The number of rotatable bonds is 1. The Morgan fingerprint density at radius 2 is 2.25 bits per heavy atom. The van der Waals surface area contributed by atoms with Gasteiger partial charge in [-0.3, -0.25) is 0 Å². The molecule has 0 aromatic carbocycles. The molecule has 0 aliphatic carbocycles. The van der Waals surface area contributed by atoms with Gasteiger partial charge in [-0.05, 0) is 20.5 Å². The molecule has 0 bridgehead atoms. The van der Waals surface area contributed by atoms with Crippen molar-refractivity contribution in [3.63, 3.8) is 0 Å². The third-order valence-electron chi connectivity index (χ3n) is 2.33. The van der Waals surface area contributed by atoms with Gasteiger partial charge < -0.3 is 14.5 Å². The highest BCUT2D eigenvalue weighted by atomic mass is 16.5. The summed E-state index contributed by atoms with van der Waals surface area (Å²) in [5, 5.41) is 0. The second kappa shape index (κ2) is 3.76. The molecule has 70 valence electrons. The summed E-state index contributed by atoms with van der Waals surface area (Å²) in [6, 6.07) is 0.490. The molecule has 4 nitrogen and oxygen atoms in total. The van der Waals surface area contributed by atoms with Crippen LogP contribution in [0.15, 0.2) is 0 Å². The monoisotopic (exact) mass is 172 g/mol. The van der Waals surface area contributed by atoms with Crippen molar-refractivity contribution in [1.29, 1.82) is 0 Å². The van der Waals surface area contributed by atoms with Crippen molar-refractivity contribution in [2.75, 3.05) is 34.3 Å². The average Bonchev–Trinajstić information content (AvgIpc) is 2.51. The molecule has 1 aliphatic heterocycles. The smallest absolute Gasteiger partial charge is 0.409 e. The Labute approximate surface area is 73.1 Å². The molecule has 1 amide bonds. The minimum absolute atomic E-state index is 0.209. The normalized spacial score (nSPS) is 23.3. The van der Waals surface area contributed by atoms with Crippen molar-refractivity contribution in [2.24, 2.45) is 0 Å². The number of nitrogens with zero attached hydrogens (tertiary/aromatic N) is 2. The Bertz CT molecular complexity index is 170. The molecule has 0 radical (unpaired) electrons. The van der Waals surface area contributed by atoms with E-state index in [1.807, 2.05) is 14.1 Å². The fourth-order valence-corrected chi connectivity index (χ4v) is 1.46. The van der Waals surface area contributed by atoms with Gasteiger partial charge in [0.25, 0.3) is 0 Å². The summed E-state index contributed by atoms with van der Waals surface area (Å²) in [4.78, 5) is 14.9. The topological polar surface area (TPSA) is 32.8 Å². The summed E-state index contributed by atoms with van der Waals surface area (Å²) in [7, 11) is 5.49. The number of carbonyl (C=O) groups excluding carboxylic acids is 1. The second-order valence-corrected chi connectivity index (χ2v) is 3.32. The van der Waals surface area contributed by atoms with Crippen LogP contribution < -0.4 is 0 Å². The highest BCUT2D eigenvalue weighted by Gasteiger charge is 2.27. The van der Waals surface area contributed by atoms with E-state index in [0.717, 1.165) is 19.5 Å². The van der Waals surface area contributed by atoms with Gasteiger partial charge in [-0.1, -0.05) is 0 Å². The Morgan fingerprint density at radius 1 is 1.58 bits per heavy atom. The first-order chi connectivity index (χ1) is 5.65. The highest BCUT2D eigenvalue weighted by Crippen LogP contribution is 2.13. The number of carbonyl (C=O) groups is 1. The van der Waals surface area contributed by atoms with Crippen LogP contribution >= 0.6 is 0 Å². The van der Waals surface area contributed by atoms with Crippen LogP contribution in [0, 0.1) is 0 Å². The van der Waals surface area contributed by atoms with Crippen molar-refractivity contribution >= 4 is 6.09 Å². The molecule has 1 aliphatic rings. The van der Waals surface area contributed by atoms with Crippen LogP contribution in [-0.4, -0.2) is 56.2 Å². The molecular formula is C8H16N2O2. The van der Waals surface area contributed by atoms with Crippen LogP contribution in [0.5, 0.6) is 0 Å². The van der Waals surface area contributed by atoms with Gasteiger partial charge in [0.1, 0.15) is 0 Å². The van der Waals surface area contributed by atoms with Crippen LogP contribution in [0.2, 0.25) is 0 Å². The van der Waals surface area contributed by atoms with Gasteiger partial charge in [0.2, 0.25) is 0 Å². The molecule has 0 aromatic heterocycles. The number of hydrogen-bond acceptors (Lipinski definition) is 3. The number of ether oxygens (including phenoxy) is 1. The predicted octanol–water partition coefficient (Wildman–Crippen LogP) is 0.389. The fraction of sp³-hybridized carbons (Fsp3) is 0.875. The van der Waals surface area contributed by atoms with Crippen molar-refractivity contribution in [1.82, 2.24) is 9.80 Å². The summed E-state index contributed by atoms with van der Waals surface area (Å²) in [6.07, 6.45) is 0.835. The molecule has 0 spiro atoms. The van der Waals surface area contributed by atoms with E-state index < -0.39 is 0 Å². The summed E-state index contributed by atoms with van der Waals surface area (Å²) in [6.45, 7) is 1.61. The highest BCUT2D eigenvalue weighted by molar-refractivity contribution is 5.67. The molecule has 0 aromatic rings. The maximum atomic E-state index is 11.1. The SMILES string of the molecule is COC(=O)N1CCC(N(C)C)C1. The van der Waals surface area contributed by atoms with Crippen LogP contribution in [0.3, 0.4) is 0 Å². The molecular weight excluding hydrogens is 156 g/mol. The van der Waals surface area contributed by atoms with Gasteiger partial charge in [-0.15, -0.1) is 0 Å². The third-order valence-corrected chi connectivity index (χ3v) is 2.33. The van der Waals surface area contributed by atoms with Crippen molar-refractivity contribution in [3.05, 3.63) is 0 Å². The number of methoxy groups -OCH3 is 1. The van der Waals surface area contributed by atoms with E-state index in [9.17, 15) is 4.79 Å². The van der Waals surface area contributed by atoms with E-state index in [0.29, 0.717) is 6.04 Å². The lowest BCUT2D eigenvalue weighted by Crippen LogP contribution is -2.34. The second-order valence-electron chi connectivity index (χ2n) is 3.32. The molecule has 0 saturated carbocycles. The fourth-order valence-electron chi connectivity index (χ4n) is 1.46. The first-order valence-corrected chi connectivity index (χ1v) is 4.14. The minimum Gasteiger partial charge on any atom is -0.453 e. The Hall–Kier alpha value is -0.770. The predicted molar refractivity (Wildman–Crippen MR) is 46.1 cm³/mol. The molecule has 12 heavy (non-hydrogen) atoms. The summed E-state index contributed by atoms with van der Waals surface area (Å²) < 4.78 is 4.63. The van der Waals surface area contributed by atoms with Gasteiger partial charge in [-0.2, -0.15) is 0 Å². The zero-order valence-electron chi connectivity index (χ0n) is 7.91. The van der Waals surface area contributed by atoms with Crippen LogP contribution in [0.1, 0.15) is 6.42 Å². The Kier molecular flexibility index (Phi) is 2.92. The van der Waals surface area contributed by atoms with Gasteiger partial charge in [0, 0.05) is 19.1 Å². The molecule has 1 unspecified atom stereocenters. The number of amides is 1.